The van der Waals surface area contributed by atoms with Gasteiger partial charge < -0.3 is 5.11 Å². The minimum atomic E-state index is -3.52. The molecular weight excluding hydrogens is 336 g/mol. The van der Waals surface area contributed by atoms with Crippen LogP contribution in [0.5, 0.6) is 0 Å². The number of aliphatic carboxylic acids is 1. The third-order valence-corrected chi connectivity index (χ3v) is 5.16. The summed E-state index contributed by atoms with van der Waals surface area (Å²) in [5.41, 5.74) is 0.653. The Hall–Kier alpha value is -0.990. The van der Waals surface area contributed by atoms with E-state index in [9.17, 15) is 13.2 Å². The first kappa shape index (κ1) is 14.4. The first-order chi connectivity index (χ1) is 8.88. The van der Waals surface area contributed by atoms with Crippen LogP contribution in [0.15, 0.2) is 22.9 Å². The summed E-state index contributed by atoms with van der Waals surface area (Å²) in [6, 6.07) is 0.552. The number of carboxylic acid groups (broad SMARTS) is 1. The number of carboxylic acids is 1. The highest BCUT2D eigenvalue weighted by Gasteiger charge is 2.38. The van der Waals surface area contributed by atoms with Crippen molar-refractivity contribution in [1.29, 1.82) is 0 Å². The van der Waals surface area contributed by atoms with Gasteiger partial charge in [-0.3, -0.25) is 9.78 Å². The monoisotopic (exact) mass is 348 g/mol. The minimum absolute atomic E-state index is 0.0632. The van der Waals surface area contributed by atoms with Crippen molar-refractivity contribution in [2.75, 3.05) is 0 Å². The predicted octanol–water partition coefficient (Wildman–Crippen LogP) is 0.922. The van der Waals surface area contributed by atoms with E-state index in [0.717, 1.165) is 4.47 Å². The SMILES string of the molecule is O=C(O)C(Cc1cncc(Br)c1)NS(=O)(=O)C1CC1. The lowest BCUT2D eigenvalue weighted by Gasteiger charge is -2.14. The fraction of sp³-hybridized carbons (Fsp3) is 0.455. The number of nitrogens with one attached hydrogen (secondary N) is 1. The number of rotatable bonds is 6. The van der Waals surface area contributed by atoms with Crippen molar-refractivity contribution in [3.8, 4) is 0 Å². The van der Waals surface area contributed by atoms with Crippen molar-refractivity contribution in [3.05, 3.63) is 28.5 Å². The van der Waals surface area contributed by atoms with Gasteiger partial charge in [-0.25, -0.2) is 13.1 Å². The number of carbonyl (C=O) groups is 1. The average molecular weight is 349 g/mol. The molecule has 1 fully saturated rings. The van der Waals surface area contributed by atoms with Gasteiger partial charge in [0.25, 0.3) is 0 Å². The second-order valence-electron chi connectivity index (χ2n) is 4.47. The van der Waals surface area contributed by atoms with Gasteiger partial charge in [-0.15, -0.1) is 0 Å². The Bertz CT molecular complexity index is 586. The topological polar surface area (TPSA) is 96.4 Å². The van der Waals surface area contributed by atoms with Crippen LogP contribution in [0.25, 0.3) is 0 Å². The highest BCUT2D eigenvalue weighted by molar-refractivity contribution is 9.10. The van der Waals surface area contributed by atoms with Gasteiger partial charge in [-0.05, 0) is 40.4 Å². The molecule has 0 spiro atoms. The van der Waals surface area contributed by atoms with Gasteiger partial charge >= 0.3 is 5.97 Å². The summed E-state index contributed by atoms with van der Waals surface area (Å²) in [6.45, 7) is 0. The maximum atomic E-state index is 11.8. The summed E-state index contributed by atoms with van der Waals surface area (Å²) < 4.78 is 26.5. The number of aromatic nitrogens is 1. The predicted molar refractivity (Wildman–Crippen MR) is 72.1 cm³/mol. The molecule has 0 radical (unpaired) electrons. The number of hydrogen-bond donors (Lipinski definition) is 2. The summed E-state index contributed by atoms with van der Waals surface area (Å²) in [6.07, 6.45) is 4.35. The lowest BCUT2D eigenvalue weighted by molar-refractivity contribution is -0.138. The average Bonchev–Trinajstić information content (AvgIpc) is 3.11. The zero-order valence-electron chi connectivity index (χ0n) is 9.91. The summed E-state index contributed by atoms with van der Waals surface area (Å²) in [5.74, 6) is -1.19. The molecule has 1 heterocycles. The second kappa shape index (κ2) is 5.56. The van der Waals surface area contributed by atoms with Gasteiger partial charge in [0, 0.05) is 23.3 Å². The molecule has 0 amide bonds. The summed E-state index contributed by atoms with van der Waals surface area (Å²) in [5, 5.41) is 8.68. The van der Waals surface area contributed by atoms with Gasteiger partial charge in [0.2, 0.25) is 10.0 Å². The standard InChI is InChI=1S/C11H13BrN2O4S/c12-8-3-7(5-13-6-8)4-10(11(15)16)14-19(17,18)9-1-2-9/h3,5-6,9-10,14H,1-2,4H2,(H,15,16). The number of hydrogen-bond acceptors (Lipinski definition) is 4. The van der Waals surface area contributed by atoms with Gasteiger partial charge in [0.15, 0.2) is 0 Å². The van der Waals surface area contributed by atoms with E-state index in [4.69, 9.17) is 5.11 Å². The summed E-state index contributed by atoms with van der Waals surface area (Å²) in [7, 11) is -3.52. The molecule has 1 unspecified atom stereocenters. The molecule has 0 saturated heterocycles. The highest BCUT2D eigenvalue weighted by Crippen LogP contribution is 2.27. The van der Waals surface area contributed by atoms with E-state index in [0.29, 0.717) is 18.4 Å². The molecule has 1 aliphatic rings. The van der Waals surface area contributed by atoms with E-state index in [2.05, 4.69) is 25.6 Å². The fourth-order valence-electron chi connectivity index (χ4n) is 1.66. The molecule has 2 rings (SSSR count). The van der Waals surface area contributed by atoms with Crippen molar-refractivity contribution < 1.29 is 18.3 Å². The van der Waals surface area contributed by atoms with E-state index in [1.165, 1.54) is 6.20 Å². The fourth-order valence-corrected chi connectivity index (χ4v) is 3.60. The zero-order valence-corrected chi connectivity index (χ0v) is 12.3. The molecule has 19 heavy (non-hydrogen) atoms. The number of halogens is 1. The van der Waals surface area contributed by atoms with Crippen LogP contribution in [-0.2, 0) is 21.2 Å². The first-order valence-corrected chi connectivity index (χ1v) is 8.06. The number of nitrogens with zero attached hydrogens (tertiary/aromatic N) is 1. The molecule has 104 valence electrons. The first-order valence-electron chi connectivity index (χ1n) is 5.72. The van der Waals surface area contributed by atoms with Crippen molar-refractivity contribution in [2.24, 2.45) is 0 Å². The van der Waals surface area contributed by atoms with E-state index in [1.54, 1.807) is 12.3 Å². The Morgan fingerprint density at radius 1 is 1.53 bits per heavy atom. The van der Waals surface area contributed by atoms with Gasteiger partial charge in [0.1, 0.15) is 6.04 Å². The van der Waals surface area contributed by atoms with Gasteiger partial charge in [0.05, 0.1) is 5.25 Å². The largest absolute Gasteiger partial charge is 0.480 e. The molecule has 1 saturated carbocycles. The third kappa shape index (κ3) is 3.99. The van der Waals surface area contributed by atoms with Crippen LogP contribution in [0.4, 0.5) is 0 Å². The molecule has 0 aliphatic heterocycles. The third-order valence-electron chi connectivity index (χ3n) is 2.77. The Kier molecular flexibility index (Phi) is 4.22. The van der Waals surface area contributed by atoms with Crippen molar-refractivity contribution >= 4 is 31.9 Å². The van der Waals surface area contributed by atoms with E-state index < -0.39 is 27.3 Å². The molecular formula is C11H13BrN2O4S. The van der Waals surface area contributed by atoms with Gasteiger partial charge in [-0.1, -0.05) is 0 Å². The normalized spacial score (nSPS) is 17.1. The molecule has 1 aliphatic carbocycles. The van der Waals surface area contributed by atoms with Crippen LogP contribution in [0.2, 0.25) is 0 Å². The zero-order chi connectivity index (χ0) is 14.0. The Morgan fingerprint density at radius 3 is 2.74 bits per heavy atom. The molecule has 1 aromatic rings. The van der Waals surface area contributed by atoms with Crippen molar-refractivity contribution in [3.63, 3.8) is 0 Å². The van der Waals surface area contributed by atoms with Crippen LogP contribution in [0.3, 0.4) is 0 Å². The minimum Gasteiger partial charge on any atom is -0.480 e. The van der Waals surface area contributed by atoms with E-state index in [-0.39, 0.29) is 6.42 Å². The molecule has 6 nitrogen and oxygen atoms in total. The van der Waals surface area contributed by atoms with Crippen molar-refractivity contribution in [2.45, 2.75) is 30.6 Å². The van der Waals surface area contributed by atoms with E-state index in [1.807, 2.05) is 0 Å². The highest BCUT2D eigenvalue weighted by atomic mass is 79.9. The summed E-state index contributed by atoms with van der Waals surface area (Å²) in [4.78, 5) is 15.1. The second-order valence-corrected chi connectivity index (χ2v) is 7.38. The molecule has 1 atom stereocenters. The number of pyridine rings is 1. The lowest BCUT2D eigenvalue weighted by Crippen LogP contribution is -2.43. The number of sulfonamides is 1. The van der Waals surface area contributed by atoms with Crippen LogP contribution in [-0.4, -0.2) is 35.8 Å². The van der Waals surface area contributed by atoms with Crippen LogP contribution >= 0.6 is 15.9 Å². The Labute approximate surface area is 119 Å². The Balaban J connectivity index is 2.10. The quantitative estimate of drug-likeness (QED) is 0.796. The Morgan fingerprint density at radius 2 is 2.21 bits per heavy atom. The van der Waals surface area contributed by atoms with E-state index >= 15 is 0 Å². The maximum Gasteiger partial charge on any atom is 0.322 e. The maximum absolute atomic E-state index is 11.8. The lowest BCUT2D eigenvalue weighted by atomic mass is 10.1. The molecule has 2 N–H and O–H groups in total. The smallest absolute Gasteiger partial charge is 0.322 e. The van der Waals surface area contributed by atoms with Crippen molar-refractivity contribution in [1.82, 2.24) is 9.71 Å². The molecule has 1 aromatic heterocycles. The van der Waals surface area contributed by atoms with Crippen LogP contribution < -0.4 is 4.72 Å². The van der Waals surface area contributed by atoms with Crippen LogP contribution in [0.1, 0.15) is 18.4 Å². The summed E-state index contributed by atoms with van der Waals surface area (Å²) >= 11 is 3.24. The van der Waals surface area contributed by atoms with Crippen LogP contribution in [0, 0.1) is 0 Å². The molecule has 0 bridgehead atoms. The molecule has 8 heteroatoms. The molecule has 0 aromatic carbocycles. The van der Waals surface area contributed by atoms with Gasteiger partial charge in [-0.2, -0.15) is 0 Å².